The van der Waals surface area contributed by atoms with Crippen molar-refractivity contribution in [2.75, 3.05) is 24.7 Å². The van der Waals surface area contributed by atoms with Crippen molar-refractivity contribution in [3.63, 3.8) is 0 Å². The highest BCUT2D eigenvalue weighted by Crippen LogP contribution is 2.23. The van der Waals surface area contributed by atoms with Crippen molar-refractivity contribution in [1.82, 2.24) is 20.9 Å². The Kier molecular flexibility index (Phi) is 7.83. The van der Waals surface area contributed by atoms with Gasteiger partial charge in [0.2, 0.25) is 18.0 Å². The minimum atomic E-state index is -0.421. The van der Waals surface area contributed by atoms with E-state index in [1.807, 2.05) is 0 Å². The van der Waals surface area contributed by atoms with Gasteiger partial charge in [-0.1, -0.05) is 16.9 Å². The number of nitrogens with one attached hydrogen (secondary N) is 3. The lowest BCUT2D eigenvalue weighted by atomic mass is 10.3. The number of rotatable bonds is 6. The van der Waals surface area contributed by atoms with Crippen molar-refractivity contribution in [1.29, 1.82) is 5.26 Å². The van der Waals surface area contributed by atoms with Crippen molar-refractivity contribution >= 4 is 45.2 Å². The summed E-state index contributed by atoms with van der Waals surface area (Å²) >= 11 is 4.37. The number of aliphatic imine (C=N–C) groups is 1. The molecule has 0 unspecified atom stereocenters. The summed E-state index contributed by atoms with van der Waals surface area (Å²) in [5, 5.41) is 37.4. The number of oxime groups is 1. The summed E-state index contributed by atoms with van der Waals surface area (Å²) in [6, 6.07) is 4.22. The summed E-state index contributed by atoms with van der Waals surface area (Å²) in [6.07, 6.45) is 1.68. The second-order valence-corrected chi connectivity index (χ2v) is 6.64. The first-order valence-corrected chi connectivity index (χ1v) is 9.15. The first-order valence-electron chi connectivity index (χ1n) is 7.37. The molecule has 4 N–H and O–H groups in total. The van der Waals surface area contributed by atoms with Crippen molar-refractivity contribution in [3.8, 4) is 6.19 Å². The Bertz CT molecular complexity index is 882. The lowest BCUT2D eigenvalue weighted by molar-refractivity contribution is 0.297. The van der Waals surface area contributed by atoms with Gasteiger partial charge in [0, 0.05) is 25.0 Å². The monoisotopic (exact) mass is 456 g/mol. The molecule has 0 radical (unpaired) electrons. The molecule has 0 spiro atoms. The van der Waals surface area contributed by atoms with E-state index in [1.54, 1.807) is 13.2 Å². The largest absolute Gasteiger partial charge is 0.409 e. The summed E-state index contributed by atoms with van der Waals surface area (Å²) in [5.74, 6) is 0.453. The Labute approximate surface area is 166 Å². The van der Waals surface area contributed by atoms with Crippen LogP contribution in [0.5, 0.6) is 0 Å². The highest BCUT2D eigenvalue weighted by molar-refractivity contribution is 9.10. The molecule has 0 fully saturated rings. The molecule has 0 saturated heterocycles. The van der Waals surface area contributed by atoms with Crippen LogP contribution < -0.4 is 16.0 Å². The predicted molar refractivity (Wildman–Crippen MR) is 101 cm³/mol. The topological polar surface area (TPSA) is 144 Å². The molecule has 1 aromatic carbocycles. The fourth-order valence-corrected chi connectivity index (χ4v) is 2.95. The van der Waals surface area contributed by atoms with Gasteiger partial charge in [-0.3, -0.25) is 0 Å². The van der Waals surface area contributed by atoms with Crippen LogP contribution in [0, 0.1) is 17.3 Å². The molecular weight excluding hydrogens is 443 g/mol. The molecule has 0 amide bonds. The van der Waals surface area contributed by atoms with Crippen molar-refractivity contribution < 1.29 is 14.2 Å². The Morgan fingerprint density at radius 1 is 1.48 bits per heavy atom. The van der Waals surface area contributed by atoms with E-state index in [1.165, 1.54) is 30.0 Å². The number of aromatic nitrogens is 2. The summed E-state index contributed by atoms with van der Waals surface area (Å²) < 4.78 is 18.3. The molecule has 0 aliphatic heterocycles. The van der Waals surface area contributed by atoms with Gasteiger partial charge in [0.05, 0.1) is 4.47 Å². The number of hydrogen-bond donors (Lipinski definition) is 4. The van der Waals surface area contributed by atoms with E-state index in [4.69, 9.17) is 9.89 Å². The van der Waals surface area contributed by atoms with Crippen LogP contribution in [0.4, 0.5) is 10.1 Å². The molecule has 0 aliphatic rings. The minimum absolute atomic E-state index is 0.00725. The van der Waals surface area contributed by atoms with Crippen LogP contribution in [-0.4, -0.2) is 46.7 Å². The fourth-order valence-electron chi connectivity index (χ4n) is 1.81. The molecule has 142 valence electrons. The van der Waals surface area contributed by atoms with Crippen molar-refractivity contribution in [2.24, 2.45) is 10.1 Å². The number of anilines is 1. The van der Waals surface area contributed by atoms with E-state index in [0.29, 0.717) is 29.0 Å². The van der Waals surface area contributed by atoms with Gasteiger partial charge >= 0.3 is 0 Å². The molecule has 10 nitrogen and oxygen atoms in total. The average Bonchev–Trinajstić information content (AvgIpc) is 3.13. The lowest BCUT2D eigenvalue weighted by Crippen LogP contribution is -2.35. The quantitative estimate of drug-likeness (QED) is 0.0973. The molecule has 1 heterocycles. The molecule has 0 saturated carbocycles. The number of thioether (sulfide) groups is 1. The molecule has 13 heteroatoms. The second kappa shape index (κ2) is 10.3. The third kappa shape index (κ3) is 5.83. The van der Waals surface area contributed by atoms with Gasteiger partial charge in [-0.05, 0) is 44.4 Å². The second-order valence-electron chi connectivity index (χ2n) is 4.71. The van der Waals surface area contributed by atoms with Crippen LogP contribution in [0.15, 0.2) is 42.5 Å². The molecule has 27 heavy (non-hydrogen) atoms. The van der Waals surface area contributed by atoms with Gasteiger partial charge in [-0.15, -0.1) is 4.99 Å². The van der Waals surface area contributed by atoms with Gasteiger partial charge in [-0.2, -0.15) is 5.26 Å². The third-order valence-electron chi connectivity index (χ3n) is 3.00. The number of hydrogen-bond acceptors (Lipinski definition) is 8. The molecule has 0 atom stereocenters. The molecule has 0 aliphatic carbocycles. The van der Waals surface area contributed by atoms with Crippen molar-refractivity contribution in [2.45, 2.75) is 5.03 Å². The van der Waals surface area contributed by atoms with Crippen LogP contribution in [0.3, 0.4) is 0 Å². The van der Waals surface area contributed by atoms with E-state index >= 15 is 0 Å². The third-order valence-corrected chi connectivity index (χ3v) is 4.55. The molecular formula is C14H14BrFN8O2S. The first-order chi connectivity index (χ1) is 13.1. The zero-order valence-corrected chi connectivity index (χ0v) is 16.3. The fraction of sp³-hybridized carbons (Fsp3) is 0.214. The Morgan fingerprint density at radius 2 is 2.30 bits per heavy atom. The number of halogens is 2. The number of nitriles is 1. The highest BCUT2D eigenvalue weighted by Gasteiger charge is 2.18. The number of nitrogens with zero attached hydrogens (tertiary/aromatic N) is 5. The van der Waals surface area contributed by atoms with Crippen LogP contribution >= 0.6 is 27.7 Å². The van der Waals surface area contributed by atoms with E-state index in [9.17, 15) is 9.60 Å². The van der Waals surface area contributed by atoms with E-state index in [2.05, 4.69) is 52.3 Å². The van der Waals surface area contributed by atoms with Crippen LogP contribution in [0.25, 0.3) is 0 Å². The smallest absolute Gasteiger partial charge is 0.209 e. The minimum Gasteiger partial charge on any atom is -0.409 e. The standard InChI is InChI=1S/C14H14BrFN8O2S/c1-18-14(20-7-17)19-4-5-27-13-11(23-26-24-13)12(22-25)21-8-2-3-10(16)9(15)6-8/h2-3,6,25H,4-5H2,1H3,(H,21,22)(H2,18,19,20). The maximum atomic E-state index is 13.3. The van der Waals surface area contributed by atoms with E-state index in [-0.39, 0.29) is 16.0 Å². The van der Waals surface area contributed by atoms with E-state index in [0.717, 1.165) is 0 Å². The Morgan fingerprint density at radius 3 is 2.96 bits per heavy atom. The Hall–Kier alpha value is -2.85. The lowest BCUT2D eigenvalue weighted by Gasteiger charge is -2.08. The Balaban J connectivity index is 2.00. The molecule has 0 bridgehead atoms. The summed E-state index contributed by atoms with van der Waals surface area (Å²) in [5.41, 5.74) is 0.672. The summed E-state index contributed by atoms with van der Waals surface area (Å²) in [4.78, 5) is 3.55. The summed E-state index contributed by atoms with van der Waals surface area (Å²) in [7, 11) is 1.64. The average molecular weight is 457 g/mol. The SMILES string of the molecule is CN/C(=N\C#N)NCCSc1nonc1/C(=N/O)Nc1ccc(F)c(Br)c1. The highest BCUT2D eigenvalue weighted by atomic mass is 79.9. The van der Waals surface area contributed by atoms with E-state index < -0.39 is 5.82 Å². The normalized spacial score (nSPS) is 11.8. The molecule has 1 aromatic heterocycles. The molecule has 2 rings (SSSR count). The van der Waals surface area contributed by atoms with Crippen LogP contribution in [0.2, 0.25) is 0 Å². The predicted octanol–water partition coefficient (Wildman–Crippen LogP) is 1.96. The number of benzene rings is 1. The van der Waals surface area contributed by atoms with Gasteiger partial charge in [0.15, 0.2) is 10.7 Å². The molecule has 2 aromatic rings. The maximum Gasteiger partial charge on any atom is 0.209 e. The number of guanidine groups is 1. The van der Waals surface area contributed by atoms with Gasteiger partial charge < -0.3 is 21.2 Å². The van der Waals surface area contributed by atoms with Crippen LogP contribution in [-0.2, 0) is 0 Å². The summed E-state index contributed by atoms with van der Waals surface area (Å²) in [6.45, 7) is 0.474. The zero-order chi connectivity index (χ0) is 19.6. The zero-order valence-electron chi connectivity index (χ0n) is 13.9. The number of amidine groups is 1. The first kappa shape index (κ1) is 20.5. The maximum absolute atomic E-state index is 13.3. The van der Waals surface area contributed by atoms with Gasteiger partial charge in [0.1, 0.15) is 5.82 Å². The van der Waals surface area contributed by atoms with Crippen LogP contribution in [0.1, 0.15) is 5.69 Å². The van der Waals surface area contributed by atoms with Gasteiger partial charge in [0.25, 0.3) is 0 Å². The van der Waals surface area contributed by atoms with Crippen molar-refractivity contribution in [3.05, 3.63) is 34.2 Å². The van der Waals surface area contributed by atoms with Gasteiger partial charge in [-0.25, -0.2) is 9.02 Å².